The largest absolute Gasteiger partial charge is 0.330 e. The van der Waals surface area contributed by atoms with Crippen LogP contribution < -0.4 is 5.73 Å². The second-order valence-electron chi connectivity index (χ2n) is 4.29. The molecule has 90 valence electrons. The predicted octanol–water partition coefficient (Wildman–Crippen LogP) is 1.69. The van der Waals surface area contributed by atoms with E-state index in [0.29, 0.717) is 6.54 Å². The van der Waals surface area contributed by atoms with E-state index in [0.717, 1.165) is 23.6 Å². The first-order chi connectivity index (χ1) is 8.13. The molecule has 0 aliphatic carbocycles. The van der Waals surface area contributed by atoms with Crippen molar-refractivity contribution in [3.05, 3.63) is 40.8 Å². The normalized spacial score (nSPS) is 10.8. The summed E-state index contributed by atoms with van der Waals surface area (Å²) in [6.07, 6.45) is 2.67. The molecule has 0 radical (unpaired) electrons. The molecule has 0 atom stereocenters. The molecular weight excluding hydrogens is 212 g/mol. The van der Waals surface area contributed by atoms with Crippen molar-refractivity contribution in [2.45, 2.75) is 27.2 Å². The van der Waals surface area contributed by atoms with Gasteiger partial charge in [0.1, 0.15) is 0 Å². The van der Waals surface area contributed by atoms with Crippen molar-refractivity contribution in [3.8, 4) is 5.82 Å². The lowest BCUT2D eigenvalue weighted by molar-refractivity contribution is 0.803. The van der Waals surface area contributed by atoms with Gasteiger partial charge in [-0.15, -0.1) is 0 Å². The van der Waals surface area contributed by atoms with E-state index in [9.17, 15) is 0 Å². The number of nitrogens with two attached hydrogens (primary N) is 1. The Balaban J connectivity index is 2.50. The van der Waals surface area contributed by atoms with E-state index in [-0.39, 0.29) is 0 Å². The van der Waals surface area contributed by atoms with Crippen LogP contribution in [0.2, 0.25) is 0 Å². The van der Waals surface area contributed by atoms with Crippen molar-refractivity contribution in [3.63, 3.8) is 0 Å². The van der Waals surface area contributed by atoms with Crippen LogP contribution >= 0.6 is 0 Å². The highest BCUT2D eigenvalue weighted by Crippen LogP contribution is 2.17. The maximum absolute atomic E-state index is 5.62. The molecule has 0 spiro atoms. The minimum Gasteiger partial charge on any atom is -0.330 e. The van der Waals surface area contributed by atoms with Crippen LogP contribution in [0.25, 0.3) is 5.82 Å². The summed E-state index contributed by atoms with van der Waals surface area (Å²) >= 11 is 0. The van der Waals surface area contributed by atoms with Gasteiger partial charge in [0.15, 0.2) is 5.82 Å². The zero-order valence-electron chi connectivity index (χ0n) is 10.6. The lowest BCUT2D eigenvalue weighted by Crippen LogP contribution is -2.05. The molecular formula is C13H18N4. The van der Waals surface area contributed by atoms with Gasteiger partial charge >= 0.3 is 0 Å². The molecule has 0 fully saturated rings. The van der Waals surface area contributed by atoms with Crippen LogP contribution in [0.3, 0.4) is 0 Å². The van der Waals surface area contributed by atoms with E-state index in [1.54, 1.807) is 0 Å². The number of aryl methyl sites for hydroxylation is 2. The summed E-state index contributed by atoms with van der Waals surface area (Å²) in [6.45, 7) is 6.78. The van der Waals surface area contributed by atoms with Gasteiger partial charge in [-0.05, 0) is 57.0 Å². The number of aromatic nitrogens is 3. The standard InChI is InChI=1S/C13H18N4/c1-9-5-7-15-13(8-9)17-11(3)12(4-6-14)10(2)16-17/h5,7-8H,4,6,14H2,1-3H3. The van der Waals surface area contributed by atoms with Gasteiger partial charge in [-0.3, -0.25) is 0 Å². The fourth-order valence-electron chi connectivity index (χ4n) is 2.04. The summed E-state index contributed by atoms with van der Waals surface area (Å²) in [5, 5.41) is 4.54. The Hall–Kier alpha value is -1.68. The van der Waals surface area contributed by atoms with Crippen molar-refractivity contribution in [1.29, 1.82) is 0 Å². The zero-order valence-corrected chi connectivity index (χ0v) is 10.6. The molecule has 2 aromatic heterocycles. The van der Waals surface area contributed by atoms with E-state index in [1.807, 2.05) is 29.9 Å². The third-order valence-corrected chi connectivity index (χ3v) is 2.95. The van der Waals surface area contributed by atoms with E-state index in [1.165, 1.54) is 11.1 Å². The molecule has 17 heavy (non-hydrogen) atoms. The van der Waals surface area contributed by atoms with Gasteiger partial charge in [-0.1, -0.05) is 0 Å². The molecule has 4 heteroatoms. The minimum atomic E-state index is 0.647. The number of nitrogens with zero attached hydrogens (tertiary/aromatic N) is 3. The fourth-order valence-corrected chi connectivity index (χ4v) is 2.04. The maximum Gasteiger partial charge on any atom is 0.153 e. The minimum absolute atomic E-state index is 0.647. The van der Waals surface area contributed by atoms with E-state index in [4.69, 9.17) is 5.73 Å². The Labute approximate surface area is 101 Å². The van der Waals surface area contributed by atoms with Crippen LogP contribution in [0.15, 0.2) is 18.3 Å². The van der Waals surface area contributed by atoms with Gasteiger partial charge in [0.25, 0.3) is 0 Å². The maximum atomic E-state index is 5.62. The van der Waals surface area contributed by atoms with Crippen LogP contribution in [-0.2, 0) is 6.42 Å². The quantitative estimate of drug-likeness (QED) is 0.873. The zero-order chi connectivity index (χ0) is 12.4. The van der Waals surface area contributed by atoms with E-state index in [2.05, 4.69) is 23.9 Å². The first-order valence-corrected chi connectivity index (χ1v) is 5.81. The van der Waals surface area contributed by atoms with Crippen LogP contribution in [0.1, 0.15) is 22.5 Å². The van der Waals surface area contributed by atoms with E-state index < -0.39 is 0 Å². The molecule has 0 amide bonds. The molecule has 2 heterocycles. The Morgan fingerprint density at radius 2 is 2.06 bits per heavy atom. The number of rotatable bonds is 3. The molecule has 2 rings (SSSR count). The lowest BCUT2D eigenvalue weighted by Gasteiger charge is -2.04. The van der Waals surface area contributed by atoms with Gasteiger partial charge in [0.2, 0.25) is 0 Å². The summed E-state index contributed by atoms with van der Waals surface area (Å²) in [6, 6.07) is 4.02. The molecule has 0 unspecified atom stereocenters. The topological polar surface area (TPSA) is 56.7 Å². The van der Waals surface area contributed by atoms with Gasteiger partial charge in [-0.25, -0.2) is 9.67 Å². The third-order valence-electron chi connectivity index (χ3n) is 2.95. The van der Waals surface area contributed by atoms with Gasteiger partial charge in [-0.2, -0.15) is 5.10 Å². The molecule has 0 saturated carbocycles. The predicted molar refractivity (Wildman–Crippen MR) is 68.3 cm³/mol. The van der Waals surface area contributed by atoms with Crippen molar-refractivity contribution >= 4 is 0 Å². The number of hydrogen-bond acceptors (Lipinski definition) is 3. The SMILES string of the molecule is Cc1ccnc(-n2nc(C)c(CCN)c2C)c1. The molecule has 2 aromatic rings. The highest BCUT2D eigenvalue weighted by molar-refractivity contribution is 5.34. The fraction of sp³-hybridized carbons (Fsp3) is 0.385. The van der Waals surface area contributed by atoms with Gasteiger partial charge < -0.3 is 5.73 Å². The summed E-state index contributed by atoms with van der Waals surface area (Å²) in [5.41, 5.74) is 10.2. The molecule has 0 bridgehead atoms. The molecule has 0 aliphatic rings. The smallest absolute Gasteiger partial charge is 0.153 e. The molecule has 4 nitrogen and oxygen atoms in total. The van der Waals surface area contributed by atoms with Crippen LogP contribution in [0.5, 0.6) is 0 Å². The Morgan fingerprint density at radius 1 is 1.29 bits per heavy atom. The summed E-state index contributed by atoms with van der Waals surface area (Å²) in [7, 11) is 0. The van der Waals surface area contributed by atoms with Crippen LogP contribution in [0.4, 0.5) is 0 Å². The number of pyridine rings is 1. The Morgan fingerprint density at radius 3 is 2.71 bits per heavy atom. The summed E-state index contributed by atoms with van der Waals surface area (Å²) in [5.74, 6) is 0.869. The monoisotopic (exact) mass is 230 g/mol. The first-order valence-electron chi connectivity index (χ1n) is 5.81. The second kappa shape index (κ2) is 4.67. The van der Waals surface area contributed by atoms with Crippen molar-refractivity contribution < 1.29 is 0 Å². The molecule has 2 N–H and O–H groups in total. The molecule has 0 aliphatic heterocycles. The number of hydrogen-bond donors (Lipinski definition) is 1. The van der Waals surface area contributed by atoms with Gasteiger partial charge in [0.05, 0.1) is 5.69 Å². The third kappa shape index (κ3) is 2.22. The first kappa shape index (κ1) is 11.8. The summed E-state index contributed by atoms with van der Waals surface area (Å²) < 4.78 is 1.90. The Bertz CT molecular complexity index is 528. The van der Waals surface area contributed by atoms with Crippen molar-refractivity contribution in [2.24, 2.45) is 5.73 Å². The molecule has 0 saturated heterocycles. The second-order valence-corrected chi connectivity index (χ2v) is 4.29. The van der Waals surface area contributed by atoms with E-state index >= 15 is 0 Å². The highest BCUT2D eigenvalue weighted by atomic mass is 15.3. The molecule has 0 aromatic carbocycles. The lowest BCUT2D eigenvalue weighted by atomic mass is 10.1. The average molecular weight is 230 g/mol. The van der Waals surface area contributed by atoms with Gasteiger partial charge in [0, 0.05) is 11.9 Å². The van der Waals surface area contributed by atoms with Crippen molar-refractivity contribution in [1.82, 2.24) is 14.8 Å². The summed E-state index contributed by atoms with van der Waals surface area (Å²) in [4.78, 5) is 4.35. The van der Waals surface area contributed by atoms with Crippen LogP contribution in [0, 0.1) is 20.8 Å². The van der Waals surface area contributed by atoms with Crippen molar-refractivity contribution in [2.75, 3.05) is 6.54 Å². The highest BCUT2D eigenvalue weighted by Gasteiger charge is 2.12. The Kier molecular flexibility index (Phi) is 3.24. The van der Waals surface area contributed by atoms with Crippen LogP contribution in [-0.4, -0.2) is 21.3 Å². The average Bonchev–Trinajstić information content (AvgIpc) is 2.57.